The van der Waals surface area contributed by atoms with Gasteiger partial charge in [-0.1, -0.05) is 0 Å². The van der Waals surface area contributed by atoms with Crippen molar-refractivity contribution in [3.8, 4) is 0 Å². The maximum absolute atomic E-state index is 2.21. The van der Waals surface area contributed by atoms with Crippen molar-refractivity contribution in [2.24, 2.45) is 0 Å². The van der Waals surface area contributed by atoms with Gasteiger partial charge in [-0.15, -0.1) is 0 Å². The number of hydrogen-bond acceptors (Lipinski definition) is 0. The van der Waals surface area contributed by atoms with Gasteiger partial charge >= 0.3 is 5.96 Å². The summed E-state index contributed by atoms with van der Waals surface area (Å²) >= 11 is 0. The van der Waals surface area contributed by atoms with Crippen molar-refractivity contribution in [1.82, 2.24) is 9.80 Å². The summed E-state index contributed by atoms with van der Waals surface area (Å²) in [5.41, 5.74) is 0. The van der Waals surface area contributed by atoms with Crippen LogP contribution in [0.25, 0.3) is 0 Å². The fourth-order valence-corrected chi connectivity index (χ4v) is 1.22. The topological polar surface area (TPSA) is 9.49 Å². The van der Waals surface area contributed by atoms with Gasteiger partial charge in [0.05, 0.1) is 41.8 Å². The summed E-state index contributed by atoms with van der Waals surface area (Å²) in [4.78, 5) is 4.32. The van der Waals surface area contributed by atoms with Gasteiger partial charge in [-0.05, 0) is 6.92 Å². The molecule has 0 atom stereocenters. The predicted molar refractivity (Wildman–Crippen MR) is 49.1 cm³/mol. The zero-order chi connectivity index (χ0) is 9.02. The summed E-state index contributed by atoms with van der Waals surface area (Å²) < 4.78 is 2.11. The highest BCUT2D eigenvalue weighted by molar-refractivity contribution is 5.74. The third kappa shape index (κ3) is 2.78. The fraction of sp³-hybridized carbons (Fsp3) is 0.875. The van der Waals surface area contributed by atoms with Crippen molar-refractivity contribution in [2.45, 2.75) is 6.92 Å². The van der Waals surface area contributed by atoms with E-state index in [0.29, 0.717) is 0 Å². The van der Waals surface area contributed by atoms with Gasteiger partial charge in [-0.2, -0.15) is 0 Å². The Morgan fingerprint density at radius 2 is 1.64 bits per heavy atom. The highest BCUT2D eigenvalue weighted by atomic mass is 15.4. The molecule has 0 saturated heterocycles. The van der Waals surface area contributed by atoms with Crippen molar-refractivity contribution < 1.29 is 4.58 Å². The fourth-order valence-electron chi connectivity index (χ4n) is 1.22. The number of rotatable bonds is 1. The molecule has 0 radical (unpaired) electrons. The molecule has 0 unspecified atom stereocenters. The Labute approximate surface area is 69.9 Å². The second kappa shape index (κ2) is 4.21. The summed E-state index contributed by atoms with van der Waals surface area (Å²) in [5.74, 6) is 1.23. The van der Waals surface area contributed by atoms with E-state index in [0.717, 1.165) is 6.54 Å². The second-order valence-electron chi connectivity index (χ2n) is 3.10. The van der Waals surface area contributed by atoms with E-state index in [1.165, 1.54) is 5.96 Å². The molecule has 0 aromatic carbocycles. The van der Waals surface area contributed by atoms with Gasteiger partial charge in [0.15, 0.2) is 0 Å². The third-order valence-electron chi connectivity index (χ3n) is 1.62. The Balaban J connectivity index is 4.49. The van der Waals surface area contributed by atoms with Crippen molar-refractivity contribution in [2.75, 3.05) is 41.8 Å². The standard InChI is InChI=1S/C8H20N3/c1-7-11(6)8(9(2)3)10(4)5/h7H2,1-6H3/q+1. The lowest BCUT2D eigenvalue weighted by atomic mass is 10.6. The summed E-state index contributed by atoms with van der Waals surface area (Å²) in [6.07, 6.45) is 0. The highest BCUT2D eigenvalue weighted by Crippen LogP contribution is 1.88. The van der Waals surface area contributed by atoms with Crippen molar-refractivity contribution >= 4 is 5.96 Å². The number of guanidine groups is 1. The Bertz CT molecular complexity index is 145. The van der Waals surface area contributed by atoms with E-state index in [-0.39, 0.29) is 0 Å². The quantitative estimate of drug-likeness (QED) is 0.305. The molecule has 11 heavy (non-hydrogen) atoms. The number of nitrogens with zero attached hydrogens (tertiary/aromatic N) is 3. The zero-order valence-electron chi connectivity index (χ0n) is 8.55. The van der Waals surface area contributed by atoms with Crippen LogP contribution in [-0.2, 0) is 0 Å². The lowest BCUT2D eigenvalue weighted by Crippen LogP contribution is -2.42. The molecule has 0 aromatic rings. The van der Waals surface area contributed by atoms with Crippen LogP contribution in [0.1, 0.15) is 6.92 Å². The monoisotopic (exact) mass is 158 g/mol. The summed E-state index contributed by atoms with van der Waals surface area (Å²) in [6.45, 7) is 3.18. The largest absolute Gasteiger partial charge is 0.349 e. The normalized spacial score (nSPS) is 9.27. The lowest BCUT2D eigenvalue weighted by molar-refractivity contribution is -0.475. The lowest BCUT2D eigenvalue weighted by Gasteiger charge is -2.19. The average Bonchev–Trinajstić information content (AvgIpc) is 1.85. The van der Waals surface area contributed by atoms with Gasteiger partial charge in [0.1, 0.15) is 0 Å². The molecule has 0 heterocycles. The van der Waals surface area contributed by atoms with E-state index in [4.69, 9.17) is 0 Å². The molecule has 0 aliphatic rings. The van der Waals surface area contributed by atoms with Crippen molar-refractivity contribution in [3.05, 3.63) is 0 Å². The zero-order valence-corrected chi connectivity index (χ0v) is 8.55. The van der Waals surface area contributed by atoms with Crippen molar-refractivity contribution in [3.63, 3.8) is 0 Å². The maximum Gasteiger partial charge on any atom is 0.349 e. The minimum absolute atomic E-state index is 1.03. The maximum atomic E-state index is 2.21. The predicted octanol–water partition coefficient (Wildman–Crippen LogP) is 0.128. The van der Waals surface area contributed by atoms with E-state index in [1.807, 2.05) is 0 Å². The first-order valence-corrected chi connectivity index (χ1v) is 3.93. The van der Waals surface area contributed by atoms with E-state index < -0.39 is 0 Å². The summed E-state index contributed by atoms with van der Waals surface area (Å²) in [7, 11) is 10.3. The molecule has 0 saturated carbocycles. The van der Waals surface area contributed by atoms with Crippen LogP contribution in [0, 0.1) is 0 Å². The Morgan fingerprint density at radius 1 is 1.18 bits per heavy atom. The van der Waals surface area contributed by atoms with Gasteiger partial charge < -0.3 is 0 Å². The SMILES string of the molecule is CCN(C)C(N(C)C)=[N+](C)C. The highest BCUT2D eigenvalue weighted by Gasteiger charge is 2.15. The smallest absolute Gasteiger partial charge is 0.270 e. The van der Waals surface area contributed by atoms with Crippen LogP contribution in [0.15, 0.2) is 0 Å². The van der Waals surface area contributed by atoms with Gasteiger partial charge in [0.25, 0.3) is 0 Å². The molecule has 0 spiro atoms. The molecule has 0 amide bonds. The average molecular weight is 158 g/mol. The van der Waals surface area contributed by atoms with Crippen LogP contribution in [0.2, 0.25) is 0 Å². The molecule has 0 aromatic heterocycles. The van der Waals surface area contributed by atoms with Gasteiger partial charge in [0.2, 0.25) is 0 Å². The van der Waals surface area contributed by atoms with E-state index in [2.05, 4.69) is 56.5 Å². The Kier molecular flexibility index (Phi) is 3.93. The molecule has 0 rings (SSSR count). The molecule has 66 valence electrons. The Hall–Kier alpha value is -0.730. The molecule has 3 nitrogen and oxygen atoms in total. The minimum Gasteiger partial charge on any atom is -0.270 e. The molecule has 3 heteroatoms. The first-order valence-electron chi connectivity index (χ1n) is 3.93. The van der Waals surface area contributed by atoms with Crippen molar-refractivity contribution in [1.29, 1.82) is 0 Å². The minimum atomic E-state index is 1.03. The van der Waals surface area contributed by atoms with Crippen LogP contribution in [-0.4, -0.2) is 62.1 Å². The van der Waals surface area contributed by atoms with Gasteiger partial charge in [-0.25, -0.2) is 0 Å². The Morgan fingerprint density at radius 3 is 1.73 bits per heavy atom. The van der Waals surface area contributed by atoms with E-state index >= 15 is 0 Å². The molecule has 0 aliphatic carbocycles. The van der Waals surface area contributed by atoms with E-state index in [9.17, 15) is 0 Å². The first-order chi connectivity index (χ1) is 5.00. The third-order valence-corrected chi connectivity index (χ3v) is 1.62. The molecule has 0 bridgehead atoms. The molecule has 0 N–H and O–H groups in total. The van der Waals surface area contributed by atoms with E-state index in [1.54, 1.807) is 0 Å². The van der Waals surface area contributed by atoms with Crippen LogP contribution in [0.4, 0.5) is 0 Å². The molecule has 0 fully saturated rings. The van der Waals surface area contributed by atoms with Crippen LogP contribution < -0.4 is 0 Å². The van der Waals surface area contributed by atoms with Crippen LogP contribution >= 0.6 is 0 Å². The van der Waals surface area contributed by atoms with Crippen LogP contribution in [0.5, 0.6) is 0 Å². The summed E-state index contributed by atoms with van der Waals surface area (Å²) in [5, 5.41) is 0. The van der Waals surface area contributed by atoms with Gasteiger partial charge in [0, 0.05) is 0 Å². The number of hydrogen-bond donors (Lipinski definition) is 0. The molecule has 0 aliphatic heterocycles. The second-order valence-corrected chi connectivity index (χ2v) is 3.10. The van der Waals surface area contributed by atoms with Crippen LogP contribution in [0.3, 0.4) is 0 Å². The molecular formula is C8H20N3+. The van der Waals surface area contributed by atoms with Gasteiger partial charge in [-0.3, -0.25) is 14.4 Å². The molecular weight excluding hydrogens is 138 g/mol. The summed E-state index contributed by atoms with van der Waals surface area (Å²) in [6, 6.07) is 0. The first kappa shape index (κ1) is 10.3.